The first kappa shape index (κ1) is 48.7. The summed E-state index contributed by atoms with van der Waals surface area (Å²) in [4.78, 5) is 55.2. The van der Waals surface area contributed by atoms with Gasteiger partial charge in [-0.05, 0) is 68.3 Å². The molecule has 4 heterocycles. The van der Waals surface area contributed by atoms with Crippen molar-refractivity contribution in [1.29, 1.82) is 0 Å². The predicted molar refractivity (Wildman–Crippen MR) is 272 cm³/mol. The summed E-state index contributed by atoms with van der Waals surface area (Å²) in [5.74, 6) is -0.0651. The van der Waals surface area contributed by atoms with Crippen LogP contribution in [0.25, 0.3) is 0 Å². The number of nitrogens with one attached hydrogen (secondary N) is 2. The van der Waals surface area contributed by atoms with Gasteiger partial charge in [-0.1, -0.05) is 175 Å². The van der Waals surface area contributed by atoms with Crippen LogP contribution in [0.5, 0.6) is 0 Å². The van der Waals surface area contributed by atoms with E-state index >= 15 is 0 Å². The minimum atomic E-state index is -2.93. The second-order valence-corrected chi connectivity index (χ2v) is 28.8. The number of hydrogen-bond acceptors (Lipinski definition) is 8. The third-order valence-electron chi connectivity index (χ3n) is 13.9. The Kier molecular flexibility index (Phi) is 14.7. The van der Waals surface area contributed by atoms with E-state index in [9.17, 15) is 19.2 Å². The number of rotatable bonds is 16. The first-order valence-corrected chi connectivity index (χ1v) is 27.5. The lowest BCUT2D eigenvalue weighted by Crippen LogP contribution is -2.67. The zero-order valence-electron chi connectivity index (χ0n) is 39.9. The van der Waals surface area contributed by atoms with E-state index in [2.05, 4.69) is 161 Å². The minimum Gasteiger partial charge on any atom is -0.405 e. The maximum absolute atomic E-state index is 13.1. The first-order chi connectivity index (χ1) is 32.6. The van der Waals surface area contributed by atoms with Crippen LogP contribution in [0.4, 0.5) is 0 Å². The largest absolute Gasteiger partial charge is 0.405 e. The molecule has 2 fully saturated rings. The van der Waals surface area contributed by atoms with Gasteiger partial charge in [0.25, 0.3) is 27.8 Å². The second-order valence-electron chi connectivity index (χ2n) is 20.2. The summed E-state index contributed by atoms with van der Waals surface area (Å²) in [6.45, 7) is 14.1. The highest BCUT2D eigenvalue weighted by molar-refractivity contribution is 7.00. The minimum absolute atomic E-state index is 0.0325. The molecule has 0 aliphatic carbocycles. The fourth-order valence-corrected chi connectivity index (χ4v) is 19.7. The van der Waals surface area contributed by atoms with Gasteiger partial charge in [0.1, 0.15) is 12.5 Å². The second kappa shape index (κ2) is 20.5. The number of benzene rings is 4. The van der Waals surface area contributed by atoms with E-state index in [-0.39, 0.29) is 34.1 Å². The molecule has 8 rings (SSSR count). The van der Waals surface area contributed by atoms with Gasteiger partial charge in [0.15, 0.2) is 0 Å². The number of aromatic amines is 2. The van der Waals surface area contributed by atoms with Gasteiger partial charge in [-0.2, -0.15) is 0 Å². The molecule has 2 N–H and O–H groups in total. The van der Waals surface area contributed by atoms with E-state index in [1.807, 2.05) is 24.3 Å². The molecule has 68 heavy (non-hydrogen) atoms. The first-order valence-electron chi connectivity index (χ1n) is 23.7. The van der Waals surface area contributed by atoms with Gasteiger partial charge in [-0.3, -0.25) is 28.7 Å². The zero-order valence-corrected chi connectivity index (χ0v) is 41.9. The van der Waals surface area contributed by atoms with Crippen LogP contribution in [-0.4, -0.2) is 61.2 Å². The Morgan fingerprint density at radius 3 is 1.10 bits per heavy atom. The van der Waals surface area contributed by atoms with Crippen molar-refractivity contribution in [2.24, 2.45) is 11.8 Å². The molecule has 0 bridgehead atoms. The van der Waals surface area contributed by atoms with Crippen molar-refractivity contribution in [2.75, 3.05) is 13.2 Å². The third-order valence-corrected chi connectivity index (χ3v) is 23.9. The number of ether oxygens (including phenoxy) is 2. The van der Waals surface area contributed by atoms with Crippen molar-refractivity contribution in [2.45, 2.75) is 102 Å². The van der Waals surface area contributed by atoms with Crippen LogP contribution in [0.3, 0.4) is 0 Å². The molecular formula is C54H64N4O8Si2. The van der Waals surface area contributed by atoms with Crippen LogP contribution in [0.15, 0.2) is 177 Å². The normalized spacial score (nSPS) is 21.4. The molecular weight excluding hydrogens is 889 g/mol. The molecule has 4 aromatic carbocycles. The summed E-state index contributed by atoms with van der Waals surface area (Å²) in [6.07, 6.45) is 7.77. The fraction of sp³-hybridized carbons (Fsp3) is 0.370. The summed E-state index contributed by atoms with van der Waals surface area (Å²) in [6, 6.07) is 44.7. The quantitative estimate of drug-likeness (QED) is 0.0840. The predicted octanol–water partition coefficient (Wildman–Crippen LogP) is 6.38. The average molecular weight is 953 g/mol. The molecule has 2 saturated heterocycles. The van der Waals surface area contributed by atoms with E-state index in [1.54, 1.807) is 0 Å². The topological polar surface area (TPSA) is 147 Å². The van der Waals surface area contributed by atoms with Gasteiger partial charge in [-0.25, -0.2) is 9.59 Å². The van der Waals surface area contributed by atoms with Gasteiger partial charge in [0.05, 0.1) is 25.4 Å². The molecule has 14 heteroatoms. The molecule has 2 aliphatic heterocycles. The van der Waals surface area contributed by atoms with Crippen molar-refractivity contribution in [3.8, 4) is 0 Å². The molecule has 12 nitrogen and oxygen atoms in total. The van der Waals surface area contributed by atoms with Crippen molar-refractivity contribution in [3.63, 3.8) is 0 Å². The smallest absolute Gasteiger partial charge is 0.330 e. The van der Waals surface area contributed by atoms with Crippen molar-refractivity contribution < 1.29 is 18.3 Å². The number of nitrogens with zero attached hydrogens (tertiary/aromatic N) is 2. The maximum Gasteiger partial charge on any atom is 0.330 e. The van der Waals surface area contributed by atoms with Gasteiger partial charge in [0.2, 0.25) is 0 Å². The molecule has 0 saturated carbocycles. The average Bonchev–Trinajstić information content (AvgIpc) is 3.92. The summed E-state index contributed by atoms with van der Waals surface area (Å²) < 4.78 is 31.3. The Labute approximate surface area is 399 Å². The summed E-state index contributed by atoms with van der Waals surface area (Å²) >= 11 is 0. The Morgan fingerprint density at radius 1 is 0.515 bits per heavy atom. The lowest BCUT2D eigenvalue weighted by molar-refractivity contribution is -0.0294. The molecule has 0 unspecified atom stereocenters. The molecule has 2 aliphatic rings. The van der Waals surface area contributed by atoms with E-state index < -0.39 is 51.6 Å². The van der Waals surface area contributed by atoms with Gasteiger partial charge >= 0.3 is 11.4 Å². The SMILES string of the molecule is CC(C)(C)[Si](OC[C@H]1O[C@@H](n2ccc(=O)[nH]c2=O)C[C@@H]1C/C=C\C[C@H]1C[C@H](n2ccc(=O)[nH]c2=O)O[C@@H]1CO[Si](c1ccccc1)(c1ccccc1)C(C)(C)C)(c1ccccc1)c1ccccc1. The summed E-state index contributed by atoms with van der Waals surface area (Å²) in [7, 11) is -5.86. The standard InChI is InChI=1S/C54H64N4O8Si2/c1-53(2,3)67(41-23-11-7-12-24-41,42-25-13-8-14-26-42)63-37-45-39(35-49(65-45)57-33-31-47(59)55-51(57)61)21-19-20-22-40-36-50(58-34-32-48(60)56-52(58)62)66-46(40)38-64-68(54(4,5)6,43-27-15-9-16-28-43)44-29-17-10-18-30-44/h7-20,23-34,39-40,45-46,49-50H,21-22,35-38H2,1-6H3,(H,55,59,61)(H,56,60,62)/b20-19-/t39-,40-,45+,46+,49+,50+/m0/s1. The van der Waals surface area contributed by atoms with Crippen LogP contribution in [0.1, 0.15) is 79.7 Å². The molecule has 0 amide bonds. The monoisotopic (exact) mass is 952 g/mol. The number of allylic oxidation sites excluding steroid dienone is 2. The van der Waals surface area contributed by atoms with Crippen LogP contribution in [0.2, 0.25) is 10.1 Å². The number of aromatic nitrogens is 4. The van der Waals surface area contributed by atoms with Crippen molar-refractivity contribution in [3.05, 3.63) is 200 Å². The molecule has 0 radical (unpaired) electrons. The number of hydrogen-bond donors (Lipinski definition) is 2. The lowest BCUT2D eigenvalue weighted by Gasteiger charge is -2.43. The van der Waals surface area contributed by atoms with E-state index in [0.717, 1.165) is 20.7 Å². The maximum atomic E-state index is 13.1. The molecule has 0 spiro atoms. The van der Waals surface area contributed by atoms with Crippen LogP contribution >= 0.6 is 0 Å². The number of H-pyrrole nitrogens is 2. The van der Waals surface area contributed by atoms with Gasteiger partial charge in [-0.15, -0.1) is 0 Å². The van der Waals surface area contributed by atoms with Crippen molar-refractivity contribution >= 4 is 37.4 Å². The Morgan fingerprint density at radius 2 is 0.824 bits per heavy atom. The van der Waals surface area contributed by atoms with E-state index in [4.69, 9.17) is 18.3 Å². The highest BCUT2D eigenvalue weighted by Gasteiger charge is 2.53. The highest BCUT2D eigenvalue weighted by atomic mass is 28.4. The molecule has 6 atom stereocenters. The summed E-state index contributed by atoms with van der Waals surface area (Å²) in [5, 5.41) is 4.15. The lowest BCUT2D eigenvalue weighted by atomic mass is 9.94. The highest BCUT2D eigenvalue weighted by Crippen LogP contribution is 2.42. The van der Waals surface area contributed by atoms with Gasteiger partial charge in [0, 0.05) is 24.5 Å². The Bertz CT molecular complexity index is 2600. The van der Waals surface area contributed by atoms with E-state index in [0.29, 0.717) is 38.9 Å². The fourth-order valence-electron chi connectivity index (χ4n) is 10.6. The van der Waals surface area contributed by atoms with E-state index in [1.165, 1.54) is 33.7 Å². The summed E-state index contributed by atoms with van der Waals surface area (Å²) in [5.41, 5.74) is -1.97. The molecule has 6 aromatic rings. The third kappa shape index (κ3) is 10.0. The van der Waals surface area contributed by atoms with Crippen LogP contribution in [-0.2, 0) is 18.3 Å². The van der Waals surface area contributed by atoms with Crippen LogP contribution < -0.4 is 43.2 Å². The molecule has 2 aromatic heterocycles. The van der Waals surface area contributed by atoms with Gasteiger partial charge < -0.3 is 18.3 Å². The molecule has 356 valence electrons. The van der Waals surface area contributed by atoms with Crippen molar-refractivity contribution in [1.82, 2.24) is 19.1 Å². The Balaban J connectivity index is 1.07. The Hall–Kier alpha value is -5.75. The zero-order chi connectivity index (χ0) is 48.1. The van der Waals surface area contributed by atoms with Crippen LogP contribution in [0, 0.1) is 11.8 Å².